The van der Waals surface area contributed by atoms with Crippen molar-refractivity contribution in [3.63, 3.8) is 0 Å². The molecule has 0 aromatic heterocycles. The summed E-state index contributed by atoms with van der Waals surface area (Å²) in [6.07, 6.45) is 0. The van der Waals surface area contributed by atoms with Crippen molar-refractivity contribution in [1.82, 2.24) is 4.31 Å². The first-order valence-corrected chi connectivity index (χ1v) is 10.5. The Morgan fingerprint density at radius 3 is 2.26 bits per heavy atom. The fourth-order valence-corrected chi connectivity index (χ4v) is 5.02. The van der Waals surface area contributed by atoms with E-state index < -0.39 is 10.0 Å². The maximum atomic E-state index is 13.1. The molecule has 1 aliphatic rings. The molecule has 0 aliphatic carbocycles. The molecule has 0 saturated carbocycles. The van der Waals surface area contributed by atoms with Crippen LogP contribution in [0.2, 0.25) is 10.0 Å². The molecule has 146 valence electrons. The average molecular weight is 431 g/mol. The molecule has 1 saturated heterocycles. The highest BCUT2D eigenvalue weighted by atomic mass is 35.5. The number of nitrogens with zero attached hydrogens (tertiary/aromatic N) is 2. The molecule has 2 aromatic rings. The van der Waals surface area contributed by atoms with Crippen molar-refractivity contribution in [2.75, 3.05) is 45.3 Å². The molecule has 27 heavy (non-hydrogen) atoms. The molecule has 0 atom stereocenters. The lowest BCUT2D eigenvalue weighted by atomic mass is 10.2. The first kappa shape index (κ1) is 20.1. The van der Waals surface area contributed by atoms with Gasteiger partial charge < -0.3 is 14.4 Å². The number of sulfonamides is 1. The molecular formula is C18H20Cl2N2O4S. The monoisotopic (exact) mass is 430 g/mol. The number of methoxy groups -OCH3 is 2. The summed E-state index contributed by atoms with van der Waals surface area (Å²) < 4.78 is 38.1. The fourth-order valence-electron chi connectivity index (χ4n) is 3.02. The molecule has 0 amide bonds. The average Bonchev–Trinajstić information content (AvgIpc) is 2.69. The summed E-state index contributed by atoms with van der Waals surface area (Å²) in [7, 11) is -0.783. The second-order valence-corrected chi connectivity index (χ2v) is 8.75. The second-order valence-electron chi connectivity index (χ2n) is 6.00. The molecular weight excluding hydrogens is 411 g/mol. The topological polar surface area (TPSA) is 59.1 Å². The fraction of sp³-hybridized carbons (Fsp3) is 0.333. The summed E-state index contributed by atoms with van der Waals surface area (Å²) in [4.78, 5) is 2.13. The van der Waals surface area contributed by atoms with E-state index in [0.29, 0.717) is 42.0 Å². The maximum absolute atomic E-state index is 13.1. The molecule has 9 heteroatoms. The van der Waals surface area contributed by atoms with Gasteiger partial charge >= 0.3 is 0 Å². The van der Waals surface area contributed by atoms with Crippen molar-refractivity contribution in [2.45, 2.75) is 4.90 Å². The van der Waals surface area contributed by atoms with Gasteiger partial charge in [-0.3, -0.25) is 0 Å². The van der Waals surface area contributed by atoms with E-state index >= 15 is 0 Å². The largest absolute Gasteiger partial charge is 0.497 e. The number of benzene rings is 2. The van der Waals surface area contributed by atoms with Crippen LogP contribution in [-0.2, 0) is 10.0 Å². The molecule has 0 spiro atoms. The zero-order valence-electron chi connectivity index (χ0n) is 15.0. The van der Waals surface area contributed by atoms with Gasteiger partial charge in [-0.2, -0.15) is 4.31 Å². The predicted octanol–water partition coefficient (Wildman–Crippen LogP) is 3.52. The van der Waals surface area contributed by atoms with Crippen molar-refractivity contribution in [1.29, 1.82) is 0 Å². The van der Waals surface area contributed by atoms with Gasteiger partial charge in [0.05, 0.1) is 24.9 Å². The van der Waals surface area contributed by atoms with Gasteiger partial charge in [0, 0.05) is 37.3 Å². The Kier molecular flexibility index (Phi) is 6.05. The molecule has 6 nitrogen and oxygen atoms in total. The van der Waals surface area contributed by atoms with Gasteiger partial charge in [0.15, 0.2) is 0 Å². The standard InChI is InChI=1S/C18H20Cl2N2O4S/c1-25-14-4-6-17(26-2)18(12-14)27(23,24)22-9-7-21(8-10-22)16-11-13(19)3-5-15(16)20/h3-6,11-12H,7-10H2,1-2H3. The zero-order valence-corrected chi connectivity index (χ0v) is 17.3. The van der Waals surface area contributed by atoms with Gasteiger partial charge in [-0.15, -0.1) is 0 Å². The number of anilines is 1. The van der Waals surface area contributed by atoms with Gasteiger partial charge in [0.2, 0.25) is 10.0 Å². The minimum atomic E-state index is -3.72. The highest BCUT2D eigenvalue weighted by Crippen LogP contribution is 2.33. The quantitative estimate of drug-likeness (QED) is 0.725. The molecule has 1 aliphatic heterocycles. The van der Waals surface area contributed by atoms with Crippen LogP contribution in [0.5, 0.6) is 11.5 Å². The highest BCUT2D eigenvalue weighted by Gasteiger charge is 2.31. The van der Waals surface area contributed by atoms with E-state index in [2.05, 4.69) is 0 Å². The smallest absolute Gasteiger partial charge is 0.247 e. The van der Waals surface area contributed by atoms with Crippen LogP contribution in [-0.4, -0.2) is 53.1 Å². The molecule has 1 heterocycles. The minimum Gasteiger partial charge on any atom is -0.497 e. The van der Waals surface area contributed by atoms with Crippen LogP contribution in [0, 0.1) is 0 Å². The van der Waals surface area contributed by atoms with Crippen LogP contribution in [0.25, 0.3) is 0 Å². The Balaban J connectivity index is 1.82. The van der Waals surface area contributed by atoms with Crippen LogP contribution < -0.4 is 14.4 Å². The third kappa shape index (κ3) is 4.11. The third-order valence-electron chi connectivity index (χ3n) is 4.48. The van der Waals surface area contributed by atoms with Crippen molar-refractivity contribution in [3.8, 4) is 11.5 Å². The first-order chi connectivity index (χ1) is 12.9. The number of ether oxygens (including phenoxy) is 2. The molecule has 0 radical (unpaired) electrons. The summed E-state index contributed by atoms with van der Waals surface area (Å²) in [5.74, 6) is 0.745. The molecule has 0 unspecified atom stereocenters. The molecule has 0 bridgehead atoms. The SMILES string of the molecule is COc1ccc(OC)c(S(=O)(=O)N2CCN(c3cc(Cl)ccc3Cl)CC2)c1. The lowest BCUT2D eigenvalue weighted by molar-refractivity contribution is 0.371. The van der Waals surface area contributed by atoms with Gasteiger partial charge in [0.1, 0.15) is 16.4 Å². The normalized spacial score (nSPS) is 15.6. The van der Waals surface area contributed by atoms with E-state index in [-0.39, 0.29) is 10.6 Å². The van der Waals surface area contributed by atoms with Gasteiger partial charge in [-0.1, -0.05) is 23.2 Å². The lowest BCUT2D eigenvalue weighted by Crippen LogP contribution is -2.48. The summed E-state index contributed by atoms with van der Waals surface area (Å²) in [6.45, 7) is 1.66. The number of rotatable bonds is 5. The maximum Gasteiger partial charge on any atom is 0.247 e. The van der Waals surface area contributed by atoms with Gasteiger partial charge in [-0.05, 0) is 30.3 Å². The second kappa shape index (κ2) is 8.14. The van der Waals surface area contributed by atoms with Crippen LogP contribution >= 0.6 is 23.2 Å². The lowest BCUT2D eigenvalue weighted by Gasteiger charge is -2.36. The first-order valence-electron chi connectivity index (χ1n) is 8.29. The Bertz CT molecular complexity index is 929. The Labute approximate surface area is 169 Å². The summed E-state index contributed by atoms with van der Waals surface area (Å²) >= 11 is 12.3. The van der Waals surface area contributed by atoms with Crippen molar-refractivity contribution < 1.29 is 17.9 Å². The van der Waals surface area contributed by atoms with E-state index in [1.54, 1.807) is 30.3 Å². The van der Waals surface area contributed by atoms with Crippen molar-refractivity contribution in [3.05, 3.63) is 46.4 Å². The predicted molar refractivity (Wildman–Crippen MR) is 107 cm³/mol. The van der Waals surface area contributed by atoms with Gasteiger partial charge in [0.25, 0.3) is 0 Å². The van der Waals surface area contributed by atoms with E-state index in [1.165, 1.54) is 24.6 Å². The molecule has 3 rings (SSSR count). The van der Waals surface area contributed by atoms with Crippen LogP contribution in [0.3, 0.4) is 0 Å². The third-order valence-corrected chi connectivity index (χ3v) is 6.95. The number of halogens is 2. The summed E-state index contributed by atoms with van der Waals surface area (Å²) in [5.41, 5.74) is 0.806. The van der Waals surface area contributed by atoms with Crippen LogP contribution in [0.1, 0.15) is 0 Å². The highest BCUT2D eigenvalue weighted by molar-refractivity contribution is 7.89. The van der Waals surface area contributed by atoms with E-state index in [4.69, 9.17) is 32.7 Å². The van der Waals surface area contributed by atoms with Crippen LogP contribution in [0.15, 0.2) is 41.3 Å². The van der Waals surface area contributed by atoms with E-state index in [0.717, 1.165) is 5.69 Å². The molecule has 0 N–H and O–H groups in total. The zero-order chi connectivity index (χ0) is 19.6. The van der Waals surface area contributed by atoms with Crippen LogP contribution in [0.4, 0.5) is 5.69 Å². The molecule has 1 fully saturated rings. The molecule has 2 aromatic carbocycles. The van der Waals surface area contributed by atoms with E-state index in [9.17, 15) is 8.42 Å². The van der Waals surface area contributed by atoms with Crippen molar-refractivity contribution >= 4 is 38.9 Å². The Hall–Kier alpha value is -1.67. The summed E-state index contributed by atoms with van der Waals surface area (Å²) in [5, 5.41) is 1.18. The Morgan fingerprint density at radius 2 is 1.63 bits per heavy atom. The van der Waals surface area contributed by atoms with Crippen molar-refractivity contribution in [2.24, 2.45) is 0 Å². The number of hydrogen-bond acceptors (Lipinski definition) is 5. The summed E-state index contributed by atoms with van der Waals surface area (Å²) in [6, 6.07) is 9.99. The Morgan fingerprint density at radius 1 is 0.926 bits per heavy atom. The number of piperazine rings is 1. The van der Waals surface area contributed by atoms with E-state index in [1.807, 2.05) is 4.90 Å². The number of hydrogen-bond donors (Lipinski definition) is 0. The minimum absolute atomic E-state index is 0.0959. The van der Waals surface area contributed by atoms with Gasteiger partial charge in [-0.25, -0.2) is 8.42 Å².